The van der Waals surface area contributed by atoms with E-state index >= 15 is 0 Å². The van der Waals surface area contributed by atoms with Crippen molar-refractivity contribution in [2.75, 3.05) is 0 Å². The van der Waals surface area contributed by atoms with Crippen molar-refractivity contribution in [2.24, 2.45) is 0 Å². The zero-order valence-electron chi connectivity index (χ0n) is 8.83. The second-order valence-corrected chi connectivity index (χ2v) is 5.58. The van der Waals surface area contributed by atoms with Crippen LogP contribution in [0.2, 0.25) is 0 Å². The third-order valence-corrected chi connectivity index (χ3v) is 4.33. The summed E-state index contributed by atoms with van der Waals surface area (Å²) in [5, 5.41) is 7.46. The van der Waals surface area contributed by atoms with Crippen LogP contribution in [0.15, 0.2) is 24.5 Å². The van der Waals surface area contributed by atoms with E-state index in [0.29, 0.717) is 5.56 Å². The molecule has 0 fully saturated rings. The number of hydrogen-bond acceptors (Lipinski definition) is 4. The van der Waals surface area contributed by atoms with Gasteiger partial charge in [0.05, 0.1) is 5.75 Å². The second kappa shape index (κ2) is 5.07. The van der Waals surface area contributed by atoms with Gasteiger partial charge in [-0.05, 0) is 24.1 Å². The molecule has 1 heterocycles. The SMILES string of the molecule is CCC(C(=O)O)S(=O)(=O)Cc1ccncc1. The maximum absolute atomic E-state index is 11.8. The van der Waals surface area contributed by atoms with Gasteiger partial charge >= 0.3 is 5.97 Å². The predicted octanol–water partition coefficient (Wildman–Crippen LogP) is 0.860. The molecule has 0 spiro atoms. The Morgan fingerprint density at radius 1 is 1.44 bits per heavy atom. The molecule has 1 rings (SSSR count). The van der Waals surface area contributed by atoms with Crippen LogP contribution >= 0.6 is 0 Å². The number of carboxylic acid groups (broad SMARTS) is 1. The molecular formula is C10H13NO4S. The van der Waals surface area contributed by atoms with Gasteiger partial charge in [0.1, 0.15) is 0 Å². The summed E-state index contributed by atoms with van der Waals surface area (Å²) in [6, 6.07) is 3.12. The highest BCUT2D eigenvalue weighted by Crippen LogP contribution is 2.13. The molecule has 5 nitrogen and oxygen atoms in total. The van der Waals surface area contributed by atoms with Crippen molar-refractivity contribution in [3.05, 3.63) is 30.1 Å². The summed E-state index contributed by atoms with van der Waals surface area (Å²) >= 11 is 0. The van der Waals surface area contributed by atoms with Crippen molar-refractivity contribution in [1.82, 2.24) is 4.98 Å². The van der Waals surface area contributed by atoms with Crippen molar-refractivity contribution in [2.45, 2.75) is 24.3 Å². The fourth-order valence-corrected chi connectivity index (χ4v) is 3.07. The maximum atomic E-state index is 11.8. The number of hydrogen-bond donors (Lipinski definition) is 1. The van der Waals surface area contributed by atoms with Crippen LogP contribution in [0.5, 0.6) is 0 Å². The minimum Gasteiger partial charge on any atom is -0.480 e. The number of rotatable bonds is 5. The van der Waals surface area contributed by atoms with Gasteiger partial charge in [-0.15, -0.1) is 0 Å². The van der Waals surface area contributed by atoms with Gasteiger partial charge < -0.3 is 5.11 Å². The van der Waals surface area contributed by atoms with E-state index in [1.165, 1.54) is 12.4 Å². The molecule has 0 radical (unpaired) electrons. The highest BCUT2D eigenvalue weighted by Gasteiger charge is 2.30. The van der Waals surface area contributed by atoms with E-state index in [9.17, 15) is 13.2 Å². The fourth-order valence-electron chi connectivity index (χ4n) is 1.39. The molecule has 0 aliphatic rings. The molecular weight excluding hydrogens is 230 g/mol. The smallest absolute Gasteiger partial charge is 0.321 e. The van der Waals surface area contributed by atoms with Crippen LogP contribution in [0.3, 0.4) is 0 Å². The van der Waals surface area contributed by atoms with Crippen LogP contribution in [0.25, 0.3) is 0 Å². The number of nitrogens with zero attached hydrogens (tertiary/aromatic N) is 1. The van der Waals surface area contributed by atoms with Gasteiger partial charge in [-0.25, -0.2) is 8.42 Å². The van der Waals surface area contributed by atoms with Crippen LogP contribution in [-0.4, -0.2) is 29.7 Å². The van der Waals surface area contributed by atoms with Gasteiger partial charge in [-0.3, -0.25) is 9.78 Å². The summed E-state index contributed by atoms with van der Waals surface area (Å²) in [4.78, 5) is 14.5. The zero-order chi connectivity index (χ0) is 12.2. The molecule has 6 heteroatoms. The molecule has 0 amide bonds. The third kappa shape index (κ3) is 3.03. The van der Waals surface area contributed by atoms with Gasteiger partial charge in [0, 0.05) is 12.4 Å². The maximum Gasteiger partial charge on any atom is 0.321 e. The lowest BCUT2D eigenvalue weighted by Gasteiger charge is -2.10. The minimum absolute atomic E-state index is 0.0722. The lowest BCUT2D eigenvalue weighted by atomic mass is 10.3. The molecule has 16 heavy (non-hydrogen) atoms. The molecule has 1 N–H and O–H groups in total. The molecule has 1 aromatic heterocycles. The Kier molecular flexibility index (Phi) is 4.00. The summed E-state index contributed by atoms with van der Waals surface area (Å²) in [7, 11) is -3.65. The first kappa shape index (κ1) is 12.6. The van der Waals surface area contributed by atoms with Crippen molar-refractivity contribution in [3.63, 3.8) is 0 Å². The summed E-state index contributed by atoms with van der Waals surface area (Å²) in [5.41, 5.74) is 0.551. The molecule has 0 saturated heterocycles. The standard InChI is InChI=1S/C10H13NO4S/c1-2-9(10(12)13)16(14,15)7-8-3-5-11-6-4-8/h3-6,9H,2,7H2,1H3,(H,12,13). The number of carboxylic acids is 1. The number of aliphatic carboxylic acids is 1. The zero-order valence-corrected chi connectivity index (χ0v) is 9.64. The number of carbonyl (C=O) groups is 1. The second-order valence-electron chi connectivity index (χ2n) is 3.40. The first-order chi connectivity index (χ1) is 7.47. The van der Waals surface area contributed by atoms with Gasteiger partial charge in [0.25, 0.3) is 0 Å². The number of sulfone groups is 1. The Morgan fingerprint density at radius 3 is 2.44 bits per heavy atom. The molecule has 88 valence electrons. The normalized spacial score (nSPS) is 13.3. The largest absolute Gasteiger partial charge is 0.480 e. The van der Waals surface area contributed by atoms with Crippen LogP contribution in [0.4, 0.5) is 0 Å². The van der Waals surface area contributed by atoms with E-state index in [-0.39, 0.29) is 12.2 Å². The Bertz CT molecular complexity index is 455. The third-order valence-electron chi connectivity index (χ3n) is 2.20. The van der Waals surface area contributed by atoms with Crippen molar-refractivity contribution >= 4 is 15.8 Å². The van der Waals surface area contributed by atoms with Crippen LogP contribution in [0, 0.1) is 0 Å². The van der Waals surface area contributed by atoms with Gasteiger partial charge in [0.2, 0.25) is 0 Å². The average Bonchev–Trinajstić information content (AvgIpc) is 2.18. The highest BCUT2D eigenvalue weighted by atomic mass is 32.2. The molecule has 1 atom stereocenters. The van der Waals surface area contributed by atoms with E-state index in [1.807, 2.05) is 0 Å². The Labute approximate surface area is 94.1 Å². The van der Waals surface area contributed by atoms with E-state index in [0.717, 1.165) is 0 Å². The van der Waals surface area contributed by atoms with Crippen molar-refractivity contribution in [1.29, 1.82) is 0 Å². The highest BCUT2D eigenvalue weighted by molar-refractivity contribution is 7.92. The van der Waals surface area contributed by atoms with E-state index < -0.39 is 21.1 Å². The molecule has 0 aromatic carbocycles. The lowest BCUT2D eigenvalue weighted by molar-refractivity contribution is -0.136. The molecule has 0 saturated carbocycles. The van der Waals surface area contributed by atoms with Crippen LogP contribution in [-0.2, 0) is 20.4 Å². The Balaban J connectivity index is 2.91. The van der Waals surface area contributed by atoms with Crippen molar-refractivity contribution in [3.8, 4) is 0 Å². The van der Waals surface area contributed by atoms with Crippen molar-refractivity contribution < 1.29 is 18.3 Å². The van der Waals surface area contributed by atoms with Gasteiger partial charge in [0.15, 0.2) is 15.1 Å². The Morgan fingerprint density at radius 2 is 2.00 bits per heavy atom. The minimum atomic E-state index is -3.65. The molecule has 0 aliphatic carbocycles. The molecule has 1 unspecified atom stereocenters. The summed E-state index contributed by atoms with van der Waals surface area (Å²) in [6.45, 7) is 1.54. The quantitative estimate of drug-likeness (QED) is 0.829. The monoisotopic (exact) mass is 243 g/mol. The van der Waals surface area contributed by atoms with Crippen LogP contribution in [0.1, 0.15) is 18.9 Å². The molecule has 0 aliphatic heterocycles. The molecule has 1 aromatic rings. The first-order valence-electron chi connectivity index (χ1n) is 4.80. The predicted molar refractivity (Wildman–Crippen MR) is 58.6 cm³/mol. The van der Waals surface area contributed by atoms with E-state index in [4.69, 9.17) is 5.11 Å². The number of pyridine rings is 1. The van der Waals surface area contributed by atoms with Gasteiger partial charge in [-0.2, -0.15) is 0 Å². The van der Waals surface area contributed by atoms with Gasteiger partial charge in [-0.1, -0.05) is 6.92 Å². The summed E-state index contributed by atoms with van der Waals surface area (Å²) in [5.74, 6) is -1.56. The fraction of sp³-hybridized carbons (Fsp3) is 0.400. The average molecular weight is 243 g/mol. The first-order valence-corrected chi connectivity index (χ1v) is 6.52. The van der Waals surface area contributed by atoms with Crippen LogP contribution < -0.4 is 0 Å². The Hall–Kier alpha value is -1.43. The van der Waals surface area contributed by atoms with E-state index in [1.54, 1.807) is 19.1 Å². The molecule has 0 bridgehead atoms. The summed E-state index contributed by atoms with van der Waals surface area (Å²) < 4.78 is 23.5. The van der Waals surface area contributed by atoms with E-state index in [2.05, 4.69) is 4.98 Å². The summed E-state index contributed by atoms with van der Waals surface area (Å²) in [6.07, 6.45) is 3.03. The lowest BCUT2D eigenvalue weighted by Crippen LogP contribution is -2.30. The number of aromatic nitrogens is 1. The topological polar surface area (TPSA) is 84.3 Å².